The SMILES string of the molecule is COc1ccc(F)cc1C(=O)Cn1cc(C(F)(F)F)cn1. The normalized spacial score (nSPS) is 11.5. The van der Waals surface area contributed by atoms with E-state index < -0.39 is 29.9 Å². The van der Waals surface area contributed by atoms with Crippen LogP contribution in [0.1, 0.15) is 15.9 Å². The first kappa shape index (κ1) is 15.0. The number of ketones is 1. The number of halogens is 4. The summed E-state index contributed by atoms with van der Waals surface area (Å²) in [5, 5.41) is 3.47. The summed E-state index contributed by atoms with van der Waals surface area (Å²) in [7, 11) is 1.31. The van der Waals surface area contributed by atoms with Crippen LogP contribution in [-0.4, -0.2) is 22.7 Å². The van der Waals surface area contributed by atoms with Crippen LogP contribution in [0.5, 0.6) is 5.75 Å². The molecule has 0 radical (unpaired) electrons. The van der Waals surface area contributed by atoms with Crippen LogP contribution in [0.3, 0.4) is 0 Å². The number of hydrogen-bond acceptors (Lipinski definition) is 3. The van der Waals surface area contributed by atoms with Crippen molar-refractivity contribution in [3.63, 3.8) is 0 Å². The fraction of sp³-hybridized carbons (Fsp3) is 0.231. The lowest BCUT2D eigenvalue weighted by molar-refractivity contribution is -0.137. The molecule has 0 amide bonds. The third-order valence-corrected chi connectivity index (χ3v) is 2.73. The highest BCUT2D eigenvalue weighted by atomic mass is 19.4. The minimum Gasteiger partial charge on any atom is -0.496 e. The molecular formula is C13H10F4N2O2. The molecule has 0 aliphatic heterocycles. The summed E-state index contributed by atoms with van der Waals surface area (Å²) in [5.74, 6) is -1.11. The molecule has 2 rings (SSSR count). The molecule has 0 saturated carbocycles. The second-order valence-electron chi connectivity index (χ2n) is 4.19. The van der Waals surface area contributed by atoms with E-state index in [4.69, 9.17) is 4.74 Å². The van der Waals surface area contributed by atoms with E-state index in [0.717, 1.165) is 16.8 Å². The number of rotatable bonds is 4. The summed E-state index contributed by atoms with van der Waals surface area (Å²) in [6.45, 7) is -0.449. The van der Waals surface area contributed by atoms with Gasteiger partial charge in [-0.25, -0.2) is 4.39 Å². The zero-order valence-corrected chi connectivity index (χ0v) is 10.8. The standard InChI is InChI=1S/C13H10F4N2O2/c1-21-12-3-2-9(14)4-10(12)11(20)7-19-6-8(5-18-19)13(15,16)17/h2-6H,7H2,1H3. The maximum Gasteiger partial charge on any atom is 0.419 e. The number of aromatic nitrogens is 2. The lowest BCUT2D eigenvalue weighted by Gasteiger charge is -2.07. The Bertz CT molecular complexity index is 664. The third-order valence-electron chi connectivity index (χ3n) is 2.73. The zero-order valence-electron chi connectivity index (χ0n) is 10.8. The van der Waals surface area contributed by atoms with Gasteiger partial charge in [-0.15, -0.1) is 0 Å². The lowest BCUT2D eigenvalue weighted by atomic mass is 10.1. The number of alkyl halides is 3. The summed E-state index contributed by atoms with van der Waals surface area (Å²) >= 11 is 0. The van der Waals surface area contributed by atoms with Crippen molar-refractivity contribution in [3.05, 3.63) is 47.5 Å². The molecule has 0 aliphatic rings. The summed E-state index contributed by atoms with van der Waals surface area (Å²) < 4.78 is 56.2. The second-order valence-corrected chi connectivity index (χ2v) is 4.19. The predicted octanol–water partition coefficient (Wildman–Crippen LogP) is 2.93. The number of nitrogens with zero attached hydrogens (tertiary/aromatic N) is 2. The molecular weight excluding hydrogens is 292 g/mol. The Morgan fingerprint density at radius 2 is 2.10 bits per heavy atom. The van der Waals surface area contributed by atoms with Crippen molar-refractivity contribution in [2.45, 2.75) is 12.7 Å². The molecule has 0 spiro atoms. The van der Waals surface area contributed by atoms with Crippen LogP contribution in [0.25, 0.3) is 0 Å². The largest absolute Gasteiger partial charge is 0.496 e. The second kappa shape index (κ2) is 5.55. The van der Waals surface area contributed by atoms with Gasteiger partial charge in [0, 0.05) is 6.20 Å². The molecule has 21 heavy (non-hydrogen) atoms. The van der Waals surface area contributed by atoms with Crippen molar-refractivity contribution in [2.24, 2.45) is 0 Å². The minimum atomic E-state index is -4.53. The van der Waals surface area contributed by atoms with Gasteiger partial charge in [-0.3, -0.25) is 9.48 Å². The van der Waals surface area contributed by atoms with E-state index in [0.29, 0.717) is 12.4 Å². The van der Waals surface area contributed by atoms with Crippen LogP contribution in [0.4, 0.5) is 17.6 Å². The Kier molecular flexibility index (Phi) is 3.97. The van der Waals surface area contributed by atoms with Gasteiger partial charge < -0.3 is 4.74 Å². The molecule has 0 atom stereocenters. The highest BCUT2D eigenvalue weighted by molar-refractivity contribution is 5.98. The molecule has 0 N–H and O–H groups in total. The van der Waals surface area contributed by atoms with Gasteiger partial charge in [0.1, 0.15) is 18.1 Å². The van der Waals surface area contributed by atoms with Crippen molar-refractivity contribution in [2.75, 3.05) is 7.11 Å². The number of hydrogen-bond donors (Lipinski definition) is 0. The lowest BCUT2D eigenvalue weighted by Crippen LogP contribution is -2.12. The molecule has 112 valence electrons. The van der Waals surface area contributed by atoms with Gasteiger partial charge in [0.25, 0.3) is 0 Å². The Hall–Kier alpha value is -2.38. The van der Waals surface area contributed by atoms with Gasteiger partial charge in [0.05, 0.1) is 24.4 Å². The fourth-order valence-electron chi connectivity index (χ4n) is 1.73. The summed E-state index contributed by atoms with van der Waals surface area (Å²) in [4.78, 5) is 12.0. The molecule has 4 nitrogen and oxygen atoms in total. The predicted molar refractivity (Wildman–Crippen MR) is 64.5 cm³/mol. The Morgan fingerprint density at radius 1 is 1.38 bits per heavy atom. The number of carbonyl (C=O) groups is 1. The summed E-state index contributed by atoms with van der Waals surface area (Å²) in [5.41, 5.74) is -1.01. The van der Waals surface area contributed by atoms with E-state index in [9.17, 15) is 22.4 Å². The first-order valence-corrected chi connectivity index (χ1v) is 5.77. The maximum absolute atomic E-state index is 13.2. The number of ether oxygens (including phenoxy) is 1. The van der Waals surface area contributed by atoms with E-state index in [1.165, 1.54) is 13.2 Å². The van der Waals surface area contributed by atoms with Crippen LogP contribution in [-0.2, 0) is 12.7 Å². The van der Waals surface area contributed by atoms with Crippen LogP contribution >= 0.6 is 0 Å². The smallest absolute Gasteiger partial charge is 0.419 e. The van der Waals surface area contributed by atoms with Crippen molar-refractivity contribution in [1.29, 1.82) is 0 Å². The van der Waals surface area contributed by atoms with Crippen molar-refractivity contribution in [1.82, 2.24) is 9.78 Å². The number of methoxy groups -OCH3 is 1. The van der Waals surface area contributed by atoms with Gasteiger partial charge in [-0.1, -0.05) is 0 Å². The van der Waals surface area contributed by atoms with E-state index >= 15 is 0 Å². The van der Waals surface area contributed by atoms with E-state index in [-0.39, 0.29) is 11.3 Å². The molecule has 8 heteroatoms. The van der Waals surface area contributed by atoms with Gasteiger partial charge >= 0.3 is 6.18 Å². The average molecular weight is 302 g/mol. The third kappa shape index (κ3) is 3.39. The highest BCUT2D eigenvalue weighted by Gasteiger charge is 2.32. The Morgan fingerprint density at radius 3 is 2.67 bits per heavy atom. The number of benzene rings is 1. The monoisotopic (exact) mass is 302 g/mol. The molecule has 2 aromatic rings. The summed E-state index contributed by atoms with van der Waals surface area (Å²) in [6, 6.07) is 3.35. The molecule has 1 aromatic heterocycles. The van der Waals surface area contributed by atoms with Crippen LogP contribution in [0.15, 0.2) is 30.6 Å². The molecule has 1 aromatic carbocycles. The van der Waals surface area contributed by atoms with Crippen molar-refractivity contribution < 1.29 is 27.1 Å². The van der Waals surface area contributed by atoms with Crippen molar-refractivity contribution >= 4 is 5.78 Å². The fourth-order valence-corrected chi connectivity index (χ4v) is 1.73. The molecule has 0 unspecified atom stereocenters. The average Bonchev–Trinajstić information content (AvgIpc) is 2.87. The van der Waals surface area contributed by atoms with Gasteiger partial charge in [-0.05, 0) is 18.2 Å². The van der Waals surface area contributed by atoms with Crippen molar-refractivity contribution in [3.8, 4) is 5.75 Å². The minimum absolute atomic E-state index is 0.0541. The zero-order chi connectivity index (χ0) is 15.6. The van der Waals surface area contributed by atoms with E-state index in [1.54, 1.807) is 0 Å². The number of carbonyl (C=O) groups excluding carboxylic acids is 1. The van der Waals surface area contributed by atoms with E-state index in [2.05, 4.69) is 5.10 Å². The quantitative estimate of drug-likeness (QED) is 0.644. The first-order chi connectivity index (χ1) is 9.81. The molecule has 0 aliphatic carbocycles. The highest BCUT2D eigenvalue weighted by Crippen LogP contribution is 2.28. The molecule has 0 fully saturated rings. The number of Topliss-reactive ketones (excluding diaryl/α,β-unsaturated/α-hetero) is 1. The van der Waals surface area contributed by atoms with Crippen LogP contribution < -0.4 is 4.74 Å². The summed E-state index contributed by atoms with van der Waals surface area (Å²) in [6.07, 6.45) is -3.20. The Balaban J connectivity index is 2.22. The Labute approximate surface area is 116 Å². The molecule has 0 saturated heterocycles. The van der Waals surface area contributed by atoms with Crippen LogP contribution in [0.2, 0.25) is 0 Å². The topological polar surface area (TPSA) is 44.1 Å². The first-order valence-electron chi connectivity index (χ1n) is 5.77. The molecule has 0 bridgehead atoms. The van der Waals surface area contributed by atoms with Gasteiger partial charge in [0.2, 0.25) is 0 Å². The van der Waals surface area contributed by atoms with Gasteiger partial charge in [-0.2, -0.15) is 18.3 Å². The van der Waals surface area contributed by atoms with Gasteiger partial charge in [0.15, 0.2) is 5.78 Å². The van der Waals surface area contributed by atoms with Crippen LogP contribution in [0, 0.1) is 5.82 Å². The maximum atomic E-state index is 13.2. The van der Waals surface area contributed by atoms with E-state index in [1.807, 2.05) is 0 Å². The molecule has 1 heterocycles.